The van der Waals surface area contributed by atoms with E-state index in [2.05, 4.69) is 0 Å². The number of rotatable bonds is 3. The maximum Gasteiger partial charge on any atom is 0.491 e. The van der Waals surface area contributed by atoms with Gasteiger partial charge in [0.2, 0.25) is 0 Å². The Kier molecular flexibility index (Phi) is 3.80. The summed E-state index contributed by atoms with van der Waals surface area (Å²) in [5.74, 6) is -0.511. The maximum absolute atomic E-state index is 12.0. The molecule has 1 aliphatic heterocycles. The van der Waals surface area contributed by atoms with Gasteiger partial charge in [0.25, 0.3) is 0 Å². The Morgan fingerprint density at radius 3 is 3.15 bits per heavy atom. The fourth-order valence-corrected chi connectivity index (χ4v) is 2.92. The van der Waals surface area contributed by atoms with Crippen LogP contribution in [0, 0.1) is 0 Å². The molecule has 0 radical (unpaired) electrons. The molecule has 0 fully saturated rings. The molecule has 102 valence electrons. The van der Waals surface area contributed by atoms with E-state index in [0.29, 0.717) is 17.1 Å². The van der Waals surface area contributed by atoms with Crippen LogP contribution in [0.15, 0.2) is 29.0 Å². The zero-order chi connectivity index (χ0) is 14.1. The van der Waals surface area contributed by atoms with Gasteiger partial charge < -0.3 is 14.4 Å². The van der Waals surface area contributed by atoms with Gasteiger partial charge in [-0.3, -0.25) is 0 Å². The number of esters is 1. The van der Waals surface area contributed by atoms with Crippen molar-refractivity contribution in [2.24, 2.45) is 0 Å². The SMILES string of the molecule is O=C(OCc1ccsc1)c1cc2c(cc1Cl)COB2O. The zero-order valence-corrected chi connectivity index (χ0v) is 11.9. The van der Waals surface area contributed by atoms with Gasteiger partial charge in [-0.15, -0.1) is 0 Å². The summed E-state index contributed by atoms with van der Waals surface area (Å²) in [6.07, 6.45) is 0. The van der Waals surface area contributed by atoms with E-state index in [1.54, 1.807) is 6.07 Å². The molecule has 0 bridgehead atoms. The van der Waals surface area contributed by atoms with Gasteiger partial charge in [-0.05, 0) is 40.0 Å². The summed E-state index contributed by atoms with van der Waals surface area (Å²) >= 11 is 7.62. The van der Waals surface area contributed by atoms with Crippen molar-refractivity contribution in [3.05, 3.63) is 50.7 Å². The van der Waals surface area contributed by atoms with Gasteiger partial charge in [-0.25, -0.2) is 4.79 Å². The van der Waals surface area contributed by atoms with Crippen molar-refractivity contribution in [3.63, 3.8) is 0 Å². The van der Waals surface area contributed by atoms with E-state index in [9.17, 15) is 9.82 Å². The molecule has 4 nitrogen and oxygen atoms in total. The lowest BCUT2D eigenvalue weighted by molar-refractivity contribution is 0.0473. The summed E-state index contributed by atoms with van der Waals surface area (Å²) in [5, 5.41) is 13.8. The Balaban J connectivity index is 1.79. The van der Waals surface area contributed by atoms with Crippen LogP contribution >= 0.6 is 22.9 Å². The maximum atomic E-state index is 12.0. The second kappa shape index (κ2) is 5.57. The average Bonchev–Trinajstić information content (AvgIpc) is 3.06. The first-order valence-electron chi connectivity index (χ1n) is 5.95. The number of carbonyl (C=O) groups is 1. The number of thiophene rings is 1. The van der Waals surface area contributed by atoms with Crippen molar-refractivity contribution >= 4 is 41.5 Å². The van der Waals surface area contributed by atoms with Crippen molar-refractivity contribution in [1.82, 2.24) is 0 Å². The van der Waals surface area contributed by atoms with Gasteiger partial charge in [-0.2, -0.15) is 11.3 Å². The lowest BCUT2D eigenvalue weighted by Gasteiger charge is -2.08. The molecular formula is C13H10BClO4S. The summed E-state index contributed by atoms with van der Waals surface area (Å²) in [7, 11) is -1.01. The van der Waals surface area contributed by atoms with Crippen molar-refractivity contribution < 1.29 is 19.2 Å². The molecule has 0 amide bonds. The van der Waals surface area contributed by atoms with Gasteiger partial charge in [0, 0.05) is 5.56 Å². The number of halogens is 1. The summed E-state index contributed by atoms with van der Waals surface area (Å²) in [6.45, 7) is 0.495. The lowest BCUT2D eigenvalue weighted by atomic mass is 9.79. The molecular weight excluding hydrogens is 298 g/mol. The molecule has 0 aliphatic carbocycles. The van der Waals surface area contributed by atoms with Crippen LogP contribution in [0.4, 0.5) is 0 Å². The molecule has 1 aromatic heterocycles. The summed E-state index contributed by atoms with van der Waals surface area (Å²) in [5.41, 5.74) is 2.53. The van der Waals surface area contributed by atoms with E-state index >= 15 is 0 Å². The minimum absolute atomic E-state index is 0.203. The Labute approximate surface area is 125 Å². The van der Waals surface area contributed by atoms with Gasteiger partial charge in [0.05, 0.1) is 17.2 Å². The number of hydrogen-bond donors (Lipinski definition) is 1. The van der Waals surface area contributed by atoms with Crippen LogP contribution < -0.4 is 5.46 Å². The molecule has 1 aliphatic rings. The number of ether oxygens (including phenoxy) is 1. The van der Waals surface area contributed by atoms with Crippen LogP contribution in [-0.2, 0) is 22.6 Å². The first kappa shape index (κ1) is 13.6. The molecule has 1 N–H and O–H groups in total. The van der Waals surface area contributed by atoms with Crippen LogP contribution in [0.2, 0.25) is 5.02 Å². The average molecular weight is 309 g/mol. The second-order valence-electron chi connectivity index (χ2n) is 4.40. The van der Waals surface area contributed by atoms with Crippen LogP contribution in [0.3, 0.4) is 0 Å². The lowest BCUT2D eigenvalue weighted by Crippen LogP contribution is -2.29. The highest BCUT2D eigenvalue weighted by molar-refractivity contribution is 7.07. The third kappa shape index (κ3) is 2.60. The van der Waals surface area contributed by atoms with Crippen LogP contribution in [0.1, 0.15) is 21.5 Å². The first-order valence-corrected chi connectivity index (χ1v) is 7.27. The van der Waals surface area contributed by atoms with Crippen LogP contribution in [0.5, 0.6) is 0 Å². The standard InChI is InChI=1S/C13H10BClO4S/c15-12-3-9-6-19-14(17)11(9)4-10(12)13(16)18-5-8-1-2-20-7-8/h1-4,7,17H,5-6H2. The van der Waals surface area contributed by atoms with E-state index in [1.165, 1.54) is 17.4 Å². The summed E-state index contributed by atoms with van der Waals surface area (Å²) in [4.78, 5) is 12.0. The molecule has 1 aromatic carbocycles. The Morgan fingerprint density at radius 1 is 1.55 bits per heavy atom. The summed E-state index contributed by atoms with van der Waals surface area (Å²) < 4.78 is 10.3. The molecule has 0 saturated carbocycles. The third-order valence-electron chi connectivity index (χ3n) is 3.06. The largest absolute Gasteiger partial charge is 0.491 e. The minimum atomic E-state index is -1.01. The zero-order valence-electron chi connectivity index (χ0n) is 10.3. The quantitative estimate of drug-likeness (QED) is 0.696. The van der Waals surface area contributed by atoms with Crippen molar-refractivity contribution in [1.29, 1.82) is 0 Å². The van der Waals surface area contributed by atoms with Crippen molar-refractivity contribution in [3.8, 4) is 0 Å². The molecule has 2 heterocycles. The van der Waals surface area contributed by atoms with Crippen molar-refractivity contribution in [2.45, 2.75) is 13.2 Å². The predicted octanol–water partition coefficient (Wildman–Crippen LogP) is 1.98. The van der Waals surface area contributed by atoms with E-state index < -0.39 is 13.1 Å². The van der Waals surface area contributed by atoms with E-state index in [4.69, 9.17) is 21.0 Å². The second-order valence-corrected chi connectivity index (χ2v) is 5.59. The Morgan fingerprint density at radius 2 is 2.40 bits per heavy atom. The Bertz CT molecular complexity index is 644. The fourth-order valence-electron chi connectivity index (χ4n) is 2.00. The van der Waals surface area contributed by atoms with E-state index in [-0.39, 0.29) is 12.2 Å². The number of hydrogen-bond acceptors (Lipinski definition) is 5. The highest BCUT2D eigenvalue weighted by Crippen LogP contribution is 2.22. The molecule has 2 aromatic rings. The van der Waals surface area contributed by atoms with E-state index in [1.807, 2.05) is 16.8 Å². The van der Waals surface area contributed by atoms with Crippen LogP contribution in [0.25, 0.3) is 0 Å². The van der Waals surface area contributed by atoms with Gasteiger partial charge in [0.15, 0.2) is 0 Å². The monoisotopic (exact) mass is 308 g/mol. The Hall–Kier alpha value is -1.34. The number of benzene rings is 1. The topological polar surface area (TPSA) is 55.8 Å². The molecule has 0 saturated heterocycles. The van der Waals surface area contributed by atoms with Gasteiger partial charge >= 0.3 is 13.1 Å². The van der Waals surface area contributed by atoms with Crippen LogP contribution in [-0.4, -0.2) is 18.1 Å². The summed E-state index contributed by atoms with van der Waals surface area (Å²) in [6, 6.07) is 5.05. The van der Waals surface area contributed by atoms with Gasteiger partial charge in [-0.1, -0.05) is 11.6 Å². The molecule has 20 heavy (non-hydrogen) atoms. The smallest absolute Gasteiger partial charge is 0.457 e. The molecule has 7 heteroatoms. The minimum Gasteiger partial charge on any atom is -0.457 e. The highest BCUT2D eigenvalue weighted by Gasteiger charge is 2.29. The normalized spacial score (nSPS) is 13.4. The fraction of sp³-hybridized carbons (Fsp3) is 0.154. The molecule has 0 spiro atoms. The molecule has 0 atom stereocenters. The molecule has 0 unspecified atom stereocenters. The third-order valence-corrected chi connectivity index (χ3v) is 4.11. The number of carbonyl (C=O) groups excluding carboxylic acids is 1. The highest BCUT2D eigenvalue weighted by atomic mass is 35.5. The van der Waals surface area contributed by atoms with Gasteiger partial charge in [0.1, 0.15) is 6.61 Å². The first-order chi connectivity index (χ1) is 9.65. The number of fused-ring (bicyclic) bond motifs is 1. The van der Waals surface area contributed by atoms with E-state index in [0.717, 1.165) is 11.1 Å². The van der Waals surface area contributed by atoms with Crippen molar-refractivity contribution in [2.75, 3.05) is 0 Å². The molecule has 3 rings (SSSR count). The predicted molar refractivity (Wildman–Crippen MR) is 77.3 cm³/mol.